The Kier molecular flexibility index (Phi) is 5.43. The minimum Gasteiger partial charge on any atom is -0.481 e. The number of carboxylic acid groups (broad SMARTS) is 1. The van der Waals surface area contributed by atoms with E-state index in [4.69, 9.17) is 11.6 Å². The summed E-state index contributed by atoms with van der Waals surface area (Å²) >= 11 is 5.78. The molecule has 6 heteroatoms. The molecule has 4 nitrogen and oxygen atoms in total. The molecular weight excluding hydrogens is 369 g/mol. The van der Waals surface area contributed by atoms with E-state index in [0.717, 1.165) is 10.9 Å². The molecule has 0 aliphatic carbocycles. The van der Waals surface area contributed by atoms with Crippen LogP contribution in [0.3, 0.4) is 0 Å². The number of nitrogens with zero attached hydrogens (tertiary/aromatic N) is 1. The highest BCUT2D eigenvalue weighted by Crippen LogP contribution is 2.43. The predicted molar refractivity (Wildman–Crippen MR) is 104 cm³/mol. The van der Waals surface area contributed by atoms with Gasteiger partial charge < -0.3 is 9.67 Å². The van der Waals surface area contributed by atoms with Gasteiger partial charge in [-0.2, -0.15) is 0 Å². The lowest BCUT2D eigenvalue weighted by molar-refractivity contribution is -0.137. The van der Waals surface area contributed by atoms with E-state index >= 15 is 0 Å². The van der Waals surface area contributed by atoms with Crippen molar-refractivity contribution in [2.24, 2.45) is 0 Å². The van der Waals surface area contributed by atoms with Crippen LogP contribution in [0, 0.1) is 5.82 Å². The van der Waals surface area contributed by atoms with E-state index in [0.29, 0.717) is 35.3 Å². The molecule has 1 aliphatic rings. The molecule has 0 fully saturated rings. The summed E-state index contributed by atoms with van der Waals surface area (Å²) in [6.45, 7) is 6.21. The largest absolute Gasteiger partial charge is 0.481 e. The van der Waals surface area contributed by atoms with Gasteiger partial charge in [-0.15, -0.1) is 11.6 Å². The summed E-state index contributed by atoms with van der Waals surface area (Å²) in [4.78, 5) is 24.6. The third-order valence-corrected chi connectivity index (χ3v) is 5.45. The highest BCUT2D eigenvalue weighted by atomic mass is 35.5. The summed E-state index contributed by atoms with van der Waals surface area (Å²) in [6, 6.07) is 2.93. The zero-order valence-electron chi connectivity index (χ0n) is 15.7. The lowest BCUT2D eigenvalue weighted by Crippen LogP contribution is -2.10. The Morgan fingerprint density at radius 1 is 1.41 bits per heavy atom. The molecule has 0 amide bonds. The fourth-order valence-electron chi connectivity index (χ4n) is 4.08. The van der Waals surface area contributed by atoms with Crippen LogP contribution in [0.1, 0.15) is 67.1 Å². The highest BCUT2D eigenvalue weighted by Gasteiger charge is 2.35. The second kappa shape index (κ2) is 7.47. The molecule has 2 heterocycles. The van der Waals surface area contributed by atoms with Gasteiger partial charge in [-0.3, -0.25) is 9.59 Å². The molecule has 1 aromatic carbocycles. The number of alkyl halides is 1. The zero-order valence-corrected chi connectivity index (χ0v) is 16.4. The first-order valence-corrected chi connectivity index (χ1v) is 9.64. The zero-order chi connectivity index (χ0) is 19.9. The lowest BCUT2D eigenvalue weighted by atomic mass is 9.88. The number of halogens is 2. The Labute approximate surface area is 162 Å². The van der Waals surface area contributed by atoms with Crippen LogP contribution >= 0.6 is 11.6 Å². The maximum Gasteiger partial charge on any atom is 0.304 e. The van der Waals surface area contributed by atoms with E-state index in [-0.39, 0.29) is 35.7 Å². The summed E-state index contributed by atoms with van der Waals surface area (Å²) < 4.78 is 16.2. The number of aliphatic carboxylic acids is 1. The number of rotatable bonds is 6. The van der Waals surface area contributed by atoms with Crippen LogP contribution in [0.2, 0.25) is 0 Å². The summed E-state index contributed by atoms with van der Waals surface area (Å²) in [5.74, 6) is -1.44. The number of fused-ring (bicyclic) bond motifs is 3. The average molecular weight is 392 g/mol. The first kappa shape index (κ1) is 19.6. The number of benzene rings is 1. The molecule has 144 valence electrons. The summed E-state index contributed by atoms with van der Waals surface area (Å²) in [5.41, 5.74) is 3.18. The van der Waals surface area contributed by atoms with Crippen molar-refractivity contribution in [3.05, 3.63) is 46.4 Å². The first-order valence-electron chi connectivity index (χ1n) is 9.11. The molecule has 1 N–H and O–H groups in total. The summed E-state index contributed by atoms with van der Waals surface area (Å²) in [6.07, 6.45) is 2.23. The topological polar surface area (TPSA) is 59.3 Å². The third-order valence-electron chi connectivity index (χ3n) is 5.30. The van der Waals surface area contributed by atoms with Crippen LogP contribution < -0.4 is 0 Å². The molecule has 0 spiro atoms. The monoisotopic (exact) mass is 391 g/mol. The van der Waals surface area contributed by atoms with Gasteiger partial charge in [0, 0.05) is 29.4 Å². The summed E-state index contributed by atoms with van der Waals surface area (Å²) in [7, 11) is 0. The molecule has 0 radical (unpaired) electrons. The maximum absolute atomic E-state index is 14.3. The van der Waals surface area contributed by atoms with Gasteiger partial charge in [0.25, 0.3) is 0 Å². The van der Waals surface area contributed by atoms with E-state index in [1.807, 2.05) is 18.4 Å². The minimum absolute atomic E-state index is 0.0214. The Bertz CT molecular complexity index is 958. The third kappa shape index (κ3) is 3.41. The van der Waals surface area contributed by atoms with Gasteiger partial charge in [-0.25, -0.2) is 4.39 Å². The van der Waals surface area contributed by atoms with Crippen molar-refractivity contribution in [3.8, 4) is 0 Å². The van der Waals surface area contributed by atoms with Crippen molar-refractivity contribution in [1.29, 1.82) is 0 Å². The molecule has 1 unspecified atom stereocenters. The molecule has 0 bridgehead atoms. The van der Waals surface area contributed by atoms with Crippen LogP contribution in [0.5, 0.6) is 0 Å². The van der Waals surface area contributed by atoms with Crippen molar-refractivity contribution in [3.63, 3.8) is 0 Å². The van der Waals surface area contributed by atoms with Gasteiger partial charge >= 0.3 is 5.97 Å². The van der Waals surface area contributed by atoms with Gasteiger partial charge in [-0.1, -0.05) is 19.9 Å². The van der Waals surface area contributed by atoms with Crippen molar-refractivity contribution < 1.29 is 19.1 Å². The Hall–Kier alpha value is -2.14. The van der Waals surface area contributed by atoms with Gasteiger partial charge in [0.2, 0.25) is 0 Å². The molecule has 27 heavy (non-hydrogen) atoms. The fraction of sp³-hybridized carbons (Fsp3) is 0.429. The van der Waals surface area contributed by atoms with Crippen LogP contribution in [-0.4, -0.2) is 27.3 Å². The van der Waals surface area contributed by atoms with Crippen LogP contribution in [-0.2, 0) is 11.3 Å². The molecule has 1 aliphatic heterocycles. The number of allylic oxidation sites excluding steroid dienone is 2. The van der Waals surface area contributed by atoms with E-state index < -0.39 is 5.97 Å². The van der Waals surface area contributed by atoms with Crippen molar-refractivity contribution in [1.82, 2.24) is 4.57 Å². The number of Topliss-reactive ketones (excluding diaryl/α,β-unsaturated/α-hetero) is 1. The molecule has 0 saturated heterocycles. The molecule has 1 aromatic heterocycles. The van der Waals surface area contributed by atoms with Crippen molar-refractivity contribution in [2.75, 3.05) is 5.88 Å². The normalized spacial score (nSPS) is 17.0. The number of hydrogen-bond acceptors (Lipinski definition) is 2. The van der Waals surface area contributed by atoms with Crippen molar-refractivity contribution >= 4 is 34.3 Å². The number of carboxylic acids is 1. The van der Waals surface area contributed by atoms with Crippen LogP contribution in [0.4, 0.5) is 4.39 Å². The molecule has 2 aromatic rings. The molecule has 1 atom stereocenters. The van der Waals surface area contributed by atoms with Gasteiger partial charge in [0.15, 0.2) is 5.78 Å². The Morgan fingerprint density at radius 3 is 2.70 bits per heavy atom. The first-order chi connectivity index (χ1) is 12.8. The van der Waals surface area contributed by atoms with E-state index in [1.54, 1.807) is 13.0 Å². The number of aromatic nitrogens is 1. The number of carbonyl (C=O) groups excluding carboxylic acids is 1. The standard InChI is InChI=1S/C21H23ClFNO3/c1-11(2)15-9-14(23)10-16-18(15)19(21(27)12(3)4-6-22)20-13(8-17(25)26)5-7-24(16)20/h4,9-11,13H,5-8H2,1-3H3,(H,25,26)/b12-4+. The Balaban J connectivity index is 2.38. The lowest BCUT2D eigenvalue weighted by Gasteiger charge is -2.13. The quantitative estimate of drug-likeness (QED) is 0.416. The number of hydrogen-bond donors (Lipinski definition) is 1. The Morgan fingerprint density at radius 2 is 2.11 bits per heavy atom. The highest BCUT2D eigenvalue weighted by molar-refractivity contribution is 6.21. The molecule has 0 saturated carbocycles. The minimum atomic E-state index is -0.902. The maximum atomic E-state index is 14.3. The van der Waals surface area contributed by atoms with E-state index in [2.05, 4.69) is 0 Å². The predicted octanol–water partition coefficient (Wildman–Crippen LogP) is 5.23. The molecular formula is C21H23ClFNO3. The number of ketones is 1. The average Bonchev–Trinajstić information content (AvgIpc) is 3.12. The van der Waals surface area contributed by atoms with Gasteiger partial charge in [0.05, 0.1) is 17.5 Å². The smallest absolute Gasteiger partial charge is 0.304 e. The SMILES string of the molecule is C/C(=C\CCl)C(=O)c1c2n(c3cc(F)cc(C(C)C)c13)CCC2CC(=O)O. The summed E-state index contributed by atoms with van der Waals surface area (Å²) in [5, 5.41) is 10.0. The fourth-order valence-corrected chi connectivity index (χ4v) is 4.31. The second-order valence-electron chi connectivity index (χ2n) is 7.41. The molecule has 3 rings (SSSR count). The second-order valence-corrected chi connectivity index (χ2v) is 7.72. The van der Waals surface area contributed by atoms with E-state index in [9.17, 15) is 19.1 Å². The number of carbonyl (C=O) groups is 2. The van der Waals surface area contributed by atoms with E-state index in [1.165, 1.54) is 12.1 Å². The number of aryl methyl sites for hydroxylation is 1. The van der Waals surface area contributed by atoms with Crippen LogP contribution in [0.25, 0.3) is 10.9 Å². The van der Waals surface area contributed by atoms with Crippen LogP contribution in [0.15, 0.2) is 23.8 Å². The van der Waals surface area contributed by atoms with Gasteiger partial charge in [-0.05, 0) is 42.5 Å². The van der Waals surface area contributed by atoms with Gasteiger partial charge in [0.1, 0.15) is 5.82 Å². The van der Waals surface area contributed by atoms with Crippen molar-refractivity contribution in [2.45, 2.75) is 52.0 Å².